The number of amides is 2. The molecule has 1 saturated heterocycles. The van der Waals surface area contributed by atoms with E-state index in [1.165, 1.54) is 4.90 Å². The van der Waals surface area contributed by atoms with Crippen LogP contribution >= 0.6 is 0 Å². The molecule has 1 heterocycles. The van der Waals surface area contributed by atoms with Crippen LogP contribution in [0.2, 0.25) is 0 Å². The van der Waals surface area contributed by atoms with Gasteiger partial charge in [0.15, 0.2) is 0 Å². The summed E-state index contributed by atoms with van der Waals surface area (Å²) in [5.41, 5.74) is 3.43. The molecule has 0 radical (unpaired) electrons. The van der Waals surface area contributed by atoms with E-state index in [1.807, 2.05) is 24.3 Å². The van der Waals surface area contributed by atoms with E-state index < -0.39 is 23.6 Å². The molecule has 0 spiro atoms. The third-order valence-electron chi connectivity index (χ3n) is 7.66. The van der Waals surface area contributed by atoms with Crippen LogP contribution in [0.15, 0.2) is 48.5 Å². The third kappa shape index (κ3) is 3.83. The van der Waals surface area contributed by atoms with Gasteiger partial charge in [0.2, 0.25) is 5.91 Å². The molecule has 1 aliphatic heterocycles. The number of carboxylic acid groups (broad SMARTS) is 1. The van der Waals surface area contributed by atoms with Gasteiger partial charge in [-0.3, -0.25) is 4.79 Å². The molecule has 2 aliphatic carbocycles. The molecule has 3 aliphatic rings. The number of aliphatic carboxylic acids is 1. The van der Waals surface area contributed by atoms with Gasteiger partial charge in [0, 0.05) is 12.5 Å². The van der Waals surface area contributed by atoms with Crippen LogP contribution in [0, 0.1) is 5.92 Å². The molecule has 2 fully saturated rings. The number of hydrogen-bond acceptors (Lipinski definition) is 4. The molecule has 2 amide bonds. The topological polar surface area (TPSA) is 95.9 Å². The number of fused-ring (bicyclic) bond motifs is 3. The quantitative estimate of drug-likeness (QED) is 0.696. The summed E-state index contributed by atoms with van der Waals surface area (Å²) in [5.74, 6) is -1.12. The lowest BCUT2D eigenvalue weighted by Gasteiger charge is -2.47. The van der Waals surface area contributed by atoms with Crippen molar-refractivity contribution in [3.05, 3.63) is 59.7 Å². The van der Waals surface area contributed by atoms with Gasteiger partial charge in [0.25, 0.3) is 0 Å². The lowest BCUT2D eigenvalue weighted by molar-refractivity contribution is -0.161. The Kier molecular flexibility index (Phi) is 5.80. The van der Waals surface area contributed by atoms with Crippen LogP contribution in [0.3, 0.4) is 0 Å². The normalized spacial score (nSPS) is 25.6. The Hall–Kier alpha value is -3.35. The van der Waals surface area contributed by atoms with Gasteiger partial charge in [-0.25, -0.2) is 9.59 Å². The Bertz CT molecular complexity index is 1090. The van der Waals surface area contributed by atoms with Gasteiger partial charge in [0.1, 0.15) is 18.2 Å². The van der Waals surface area contributed by atoms with Crippen molar-refractivity contribution in [3.8, 4) is 11.1 Å². The summed E-state index contributed by atoms with van der Waals surface area (Å²) < 4.78 is 5.72. The smallest absolute Gasteiger partial charge is 0.408 e. The summed E-state index contributed by atoms with van der Waals surface area (Å²) in [6.45, 7) is 2.63. The number of carbonyl (C=O) groups is 3. The summed E-state index contributed by atoms with van der Waals surface area (Å²) in [7, 11) is 0. The second-order valence-electron chi connectivity index (χ2n) is 9.88. The highest BCUT2D eigenvalue weighted by molar-refractivity contribution is 5.94. The second-order valence-corrected chi connectivity index (χ2v) is 9.88. The highest BCUT2D eigenvalue weighted by atomic mass is 16.5. The fourth-order valence-corrected chi connectivity index (χ4v) is 5.90. The molecule has 7 nitrogen and oxygen atoms in total. The fraction of sp³-hybridized carbons (Fsp3) is 0.444. The van der Waals surface area contributed by atoms with Crippen molar-refractivity contribution in [2.45, 2.75) is 56.5 Å². The van der Waals surface area contributed by atoms with Gasteiger partial charge in [-0.2, -0.15) is 0 Å². The molecule has 1 saturated carbocycles. The maximum Gasteiger partial charge on any atom is 0.408 e. The average molecular weight is 463 g/mol. The van der Waals surface area contributed by atoms with Gasteiger partial charge in [-0.1, -0.05) is 68.3 Å². The van der Waals surface area contributed by atoms with E-state index in [0.717, 1.165) is 35.1 Å². The summed E-state index contributed by atoms with van der Waals surface area (Å²) in [4.78, 5) is 39.4. The zero-order valence-corrected chi connectivity index (χ0v) is 19.3. The van der Waals surface area contributed by atoms with Crippen LogP contribution in [-0.4, -0.2) is 52.7 Å². The lowest BCUT2D eigenvalue weighted by Crippen LogP contribution is -2.67. The van der Waals surface area contributed by atoms with E-state index in [9.17, 15) is 19.5 Å². The van der Waals surface area contributed by atoms with Gasteiger partial charge < -0.3 is 20.1 Å². The Morgan fingerprint density at radius 1 is 1.06 bits per heavy atom. The minimum Gasteiger partial charge on any atom is -0.480 e. The third-order valence-corrected chi connectivity index (χ3v) is 7.66. The van der Waals surface area contributed by atoms with Crippen LogP contribution in [0.25, 0.3) is 11.1 Å². The maximum absolute atomic E-state index is 13.5. The largest absolute Gasteiger partial charge is 0.480 e. The number of carbonyl (C=O) groups excluding carboxylic acids is 2. The molecule has 34 heavy (non-hydrogen) atoms. The molecule has 5 rings (SSSR count). The number of likely N-dealkylation sites (tertiary alicyclic amines) is 1. The number of nitrogens with zero attached hydrogens (tertiary/aromatic N) is 1. The first-order valence-electron chi connectivity index (χ1n) is 12.1. The number of nitrogens with one attached hydrogen (secondary N) is 1. The number of alkyl carbamates (subject to hydrolysis) is 1. The highest BCUT2D eigenvalue weighted by Gasteiger charge is 2.50. The van der Waals surface area contributed by atoms with Gasteiger partial charge in [-0.15, -0.1) is 0 Å². The molecule has 2 aromatic carbocycles. The van der Waals surface area contributed by atoms with E-state index in [2.05, 4.69) is 36.5 Å². The maximum atomic E-state index is 13.5. The van der Waals surface area contributed by atoms with Crippen LogP contribution in [0.1, 0.15) is 56.1 Å². The summed E-state index contributed by atoms with van der Waals surface area (Å²) in [6, 6.07) is 15.5. The fourth-order valence-electron chi connectivity index (χ4n) is 5.90. The summed E-state index contributed by atoms with van der Waals surface area (Å²) in [6.07, 6.45) is 2.56. The van der Waals surface area contributed by atoms with Crippen molar-refractivity contribution < 1.29 is 24.2 Å². The van der Waals surface area contributed by atoms with Crippen LogP contribution < -0.4 is 5.32 Å². The Morgan fingerprint density at radius 2 is 1.71 bits per heavy atom. The van der Waals surface area contributed by atoms with Gasteiger partial charge in [-0.05, 0) is 47.4 Å². The number of rotatable bonds is 5. The highest BCUT2D eigenvalue weighted by Crippen LogP contribution is 2.44. The average Bonchev–Trinajstić information content (AvgIpc) is 3.10. The minimum absolute atomic E-state index is 0.0677. The second kappa shape index (κ2) is 8.78. The van der Waals surface area contributed by atoms with Crippen LogP contribution in [0.5, 0.6) is 0 Å². The molecule has 3 atom stereocenters. The van der Waals surface area contributed by atoms with Crippen LogP contribution in [0.4, 0.5) is 4.79 Å². The van der Waals surface area contributed by atoms with Crippen LogP contribution in [-0.2, 0) is 14.3 Å². The van der Waals surface area contributed by atoms with Crippen molar-refractivity contribution in [1.29, 1.82) is 0 Å². The van der Waals surface area contributed by atoms with Crippen molar-refractivity contribution in [3.63, 3.8) is 0 Å². The predicted molar refractivity (Wildman–Crippen MR) is 126 cm³/mol. The Labute approximate surface area is 199 Å². The number of hydrogen-bond donors (Lipinski definition) is 2. The molecule has 0 aromatic heterocycles. The van der Waals surface area contributed by atoms with Crippen molar-refractivity contribution in [2.75, 3.05) is 13.2 Å². The van der Waals surface area contributed by atoms with Gasteiger partial charge in [0.05, 0.1) is 0 Å². The Balaban J connectivity index is 1.32. The first-order chi connectivity index (χ1) is 16.4. The molecule has 3 unspecified atom stereocenters. The first-order valence-corrected chi connectivity index (χ1v) is 12.1. The molecular formula is C27H30N2O5. The van der Waals surface area contributed by atoms with E-state index >= 15 is 0 Å². The standard InChI is InChI=1S/C27H30N2O5/c1-17-7-6-13-27(15-17,25(32)29-14-12-23(29)24(30)31)28-26(33)34-16-22-20-10-4-2-8-18(20)19-9-3-5-11-21(19)22/h2-5,8-11,17,22-23H,6-7,12-16H2,1H3,(H,28,33)(H,30,31). The molecule has 7 heteroatoms. The molecule has 2 N–H and O–H groups in total. The SMILES string of the molecule is CC1CCCC(NC(=O)OCC2c3ccccc3-c3ccccc32)(C(=O)N2CCC2C(=O)O)C1. The predicted octanol–water partition coefficient (Wildman–Crippen LogP) is 4.16. The van der Waals surface area contributed by atoms with Crippen molar-refractivity contribution in [2.24, 2.45) is 5.92 Å². The van der Waals surface area contributed by atoms with E-state index in [4.69, 9.17) is 4.74 Å². The molecule has 0 bridgehead atoms. The van der Waals surface area contributed by atoms with E-state index in [0.29, 0.717) is 25.8 Å². The molecule has 2 aromatic rings. The Morgan fingerprint density at radius 3 is 2.26 bits per heavy atom. The van der Waals surface area contributed by atoms with E-state index in [1.54, 1.807) is 0 Å². The lowest BCUT2D eigenvalue weighted by atomic mass is 9.74. The van der Waals surface area contributed by atoms with Crippen molar-refractivity contribution in [1.82, 2.24) is 10.2 Å². The number of benzene rings is 2. The van der Waals surface area contributed by atoms with Crippen molar-refractivity contribution >= 4 is 18.0 Å². The first kappa shape index (κ1) is 22.4. The summed E-state index contributed by atoms with van der Waals surface area (Å²) >= 11 is 0. The number of ether oxygens (including phenoxy) is 1. The summed E-state index contributed by atoms with van der Waals surface area (Å²) in [5, 5.41) is 12.3. The zero-order valence-electron chi connectivity index (χ0n) is 19.3. The van der Waals surface area contributed by atoms with Gasteiger partial charge >= 0.3 is 12.1 Å². The monoisotopic (exact) mass is 462 g/mol. The molecule has 178 valence electrons. The minimum atomic E-state index is -1.12. The zero-order chi connectivity index (χ0) is 23.9. The molecular weight excluding hydrogens is 432 g/mol. The number of carboxylic acids is 1. The van der Waals surface area contributed by atoms with E-state index in [-0.39, 0.29) is 24.3 Å².